The van der Waals surface area contributed by atoms with Gasteiger partial charge in [0.2, 0.25) is 0 Å². The number of carbonyl (C=O) groups is 2. The van der Waals surface area contributed by atoms with E-state index in [1.54, 1.807) is 11.3 Å². The maximum absolute atomic E-state index is 12.9. The number of Topliss-reactive ketones (excluding diaryl/α,β-unsaturated/α-hetero) is 1. The van der Waals surface area contributed by atoms with E-state index in [1.165, 1.54) is 5.56 Å². The topological polar surface area (TPSA) is 47.0 Å². The van der Waals surface area contributed by atoms with Crippen molar-refractivity contribution < 1.29 is 9.59 Å². The Balaban J connectivity index is 2.33. The van der Waals surface area contributed by atoms with Gasteiger partial charge < -0.3 is 4.79 Å². The van der Waals surface area contributed by atoms with Crippen molar-refractivity contribution in [3.8, 4) is 10.6 Å². The van der Waals surface area contributed by atoms with E-state index in [-0.39, 0.29) is 11.7 Å². The highest BCUT2D eigenvalue weighted by atomic mass is 32.1. The molecule has 0 radical (unpaired) electrons. The average Bonchev–Trinajstić information content (AvgIpc) is 2.95. The minimum Gasteiger partial charge on any atom is -0.302 e. The monoisotopic (exact) mass is 357 g/mol. The lowest BCUT2D eigenvalue weighted by Gasteiger charge is -2.19. The maximum atomic E-state index is 12.9. The van der Waals surface area contributed by atoms with Crippen molar-refractivity contribution in [2.24, 2.45) is 11.8 Å². The first-order chi connectivity index (χ1) is 11.9. The van der Waals surface area contributed by atoms with E-state index in [0.29, 0.717) is 11.6 Å². The Hall–Kier alpha value is -1.81. The summed E-state index contributed by atoms with van der Waals surface area (Å²) in [5.74, 6) is -0.394. The van der Waals surface area contributed by atoms with Crippen LogP contribution in [-0.4, -0.2) is 17.1 Å². The van der Waals surface area contributed by atoms with Gasteiger partial charge in [0.05, 0.1) is 5.69 Å². The zero-order chi connectivity index (χ0) is 18.6. The molecule has 1 aromatic carbocycles. The van der Waals surface area contributed by atoms with Crippen LogP contribution in [0.15, 0.2) is 24.3 Å². The van der Waals surface area contributed by atoms with Gasteiger partial charge in [0.1, 0.15) is 17.2 Å². The molecule has 0 aliphatic heterocycles. The summed E-state index contributed by atoms with van der Waals surface area (Å²) in [6, 6.07) is 8.15. The molecule has 0 saturated heterocycles. The Bertz CT molecular complexity index is 731. The summed E-state index contributed by atoms with van der Waals surface area (Å²) in [4.78, 5) is 30.3. The van der Waals surface area contributed by atoms with Crippen molar-refractivity contribution in [3.05, 3.63) is 40.4 Å². The van der Waals surface area contributed by atoms with Crippen molar-refractivity contribution in [2.75, 3.05) is 0 Å². The summed E-state index contributed by atoms with van der Waals surface area (Å²) < 4.78 is 0. The molecule has 2 aromatic rings. The van der Waals surface area contributed by atoms with Crippen LogP contribution in [-0.2, 0) is 9.59 Å². The third-order valence-corrected chi connectivity index (χ3v) is 5.55. The molecule has 0 aliphatic carbocycles. The van der Waals surface area contributed by atoms with Crippen molar-refractivity contribution in [1.82, 2.24) is 4.98 Å². The maximum Gasteiger partial charge on any atom is 0.152 e. The molecule has 0 bridgehead atoms. The van der Waals surface area contributed by atoms with Gasteiger partial charge in [-0.2, -0.15) is 0 Å². The predicted octanol–water partition coefficient (Wildman–Crippen LogP) is 5.35. The van der Waals surface area contributed by atoms with E-state index in [4.69, 9.17) is 0 Å². The summed E-state index contributed by atoms with van der Waals surface area (Å²) in [5.41, 5.74) is 2.84. The Morgan fingerprint density at radius 2 is 1.84 bits per heavy atom. The Kier molecular flexibility index (Phi) is 6.65. The molecule has 2 atom stereocenters. The van der Waals surface area contributed by atoms with Crippen LogP contribution in [0.5, 0.6) is 0 Å². The predicted molar refractivity (Wildman–Crippen MR) is 104 cm³/mol. The van der Waals surface area contributed by atoms with Crippen LogP contribution >= 0.6 is 11.3 Å². The van der Waals surface area contributed by atoms with Crippen LogP contribution in [0.25, 0.3) is 10.6 Å². The molecule has 4 heteroatoms. The number of nitrogens with zero attached hydrogens (tertiary/aromatic N) is 1. The fraction of sp³-hybridized carbons (Fsp3) is 0.476. The van der Waals surface area contributed by atoms with E-state index >= 15 is 0 Å². The third kappa shape index (κ3) is 4.63. The Morgan fingerprint density at radius 1 is 1.20 bits per heavy atom. The van der Waals surface area contributed by atoms with E-state index in [0.717, 1.165) is 34.6 Å². The number of aryl methyl sites for hydroxylation is 2. The fourth-order valence-electron chi connectivity index (χ4n) is 3.09. The van der Waals surface area contributed by atoms with Gasteiger partial charge in [0.25, 0.3) is 0 Å². The van der Waals surface area contributed by atoms with Crippen LogP contribution in [0.2, 0.25) is 0 Å². The molecule has 1 unspecified atom stereocenters. The van der Waals surface area contributed by atoms with Gasteiger partial charge >= 0.3 is 0 Å². The van der Waals surface area contributed by atoms with Crippen molar-refractivity contribution >= 4 is 23.4 Å². The highest BCUT2D eigenvalue weighted by Crippen LogP contribution is 2.33. The van der Waals surface area contributed by atoms with Gasteiger partial charge in [-0.1, -0.05) is 50.6 Å². The smallest absolute Gasteiger partial charge is 0.152 e. The number of aromatic nitrogens is 1. The second-order valence-corrected chi connectivity index (χ2v) is 8.28. The lowest BCUT2D eigenvalue weighted by molar-refractivity contribution is -0.128. The highest BCUT2D eigenvalue weighted by Gasteiger charge is 2.30. The number of hydrogen-bond acceptors (Lipinski definition) is 4. The fourth-order valence-corrected chi connectivity index (χ4v) is 4.05. The van der Waals surface area contributed by atoms with E-state index in [1.807, 2.05) is 45.0 Å². The third-order valence-electron chi connectivity index (χ3n) is 4.52. The molecule has 0 aliphatic rings. The quantitative estimate of drug-likeness (QED) is 0.472. The number of hydrogen-bond donors (Lipinski definition) is 0. The first kappa shape index (κ1) is 19.5. The average molecular weight is 358 g/mol. The second kappa shape index (κ2) is 8.52. The van der Waals surface area contributed by atoms with Crippen molar-refractivity contribution in [1.29, 1.82) is 0 Å². The number of ketones is 1. The SMILES string of the molecule is CC[C@@H](CC(C)C)C(=O)C(C=O)c1nc(-c2ccc(C)cc2)sc1C. The summed E-state index contributed by atoms with van der Waals surface area (Å²) >= 11 is 1.55. The molecular formula is C21H27NO2S. The standard InChI is InChI=1S/C21H27NO2S/c1-6-16(11-13(2)3)20(24)18(12-23)19-15(5)25-21(22-19)17-9-7-14(4)8-10-17/h7-10,12-13,16,18H,6,11H2,1-5H3/t16-,18?/m0/s1. The van der Waals surface area contributed by atoms with Gasteiger partial charge in [-0.25, -0.2) is 4.98 Å². The molecular weight excluding hydrogens is 330 g/mol. The van der Waals surface area contributed by atoms with Crippen LogP contribution in [0.3, 0.4) is 0 Å². The van der Waals surface area contributed by atoms with Crippen molar-refractivity contribution in [3.63, 3.8) is 0 Å². The summed E-state index contributed by atoms with van der Waals surface area (Å²) in [6.45, 7) is 10.2. The van der Waals surface area contributed by atoms with Gasteiger partial charge in [-0.05, 0) is 32.6 Å². The van der Waals surface area contributed by atoms with Gasteiger partial charge in [0.15, 0.2) is 5.78 Å². The molecule has 3 nitrogen and oxygen atoms in total. The van der Waals surface area contributed by atoms with E-state index in [9.17, 15) is 9.59 Å². The minimum atomic E-state index is -0.751. The second-order valence-electron chi connectivity index (χ2n) is 7.08. The number of carbonyl (C=O) groups excluding carboxylic acids is 2. The van der Waals surface area contributed by atoms with Crippen molar-refractivity contribution in [2.45, 2.75) is 53.4 Å². The van der Waals surface area contributed by atoms with Crippen LogP contribution in [0.4, 0.5) is 0 Å². The van der Waals surface area contributed by atoms with E-state index in [2.05, 4.69) is 18.8 Å². The van der Waals surface area contributed by atoms with Gasteiger partial charge in [-0.15, -0.1) is 11.3 Å². The lowest BCUT2D eigenvalue weighted by atomic mass is 9.84. The summed E-state index contributed by atoms with van der Waals surface area (Å²) in [6.07, 6.45) is 2.34. The Labute approximate surface area is 154 Å². The summed E-state index contributed by atoms with van der Waals surface area (Å²) in [7, 11) is 0. The highest BCUT2D eigenvalue weighted by molar-refractivity contribution is 7.15. The lowest BCUT2D eigenvalue weighted by Crippen LogP contribution is -2.25. The molecule has 2 rings (SSSR count). The largest absolute Gasteiger partial charge is 0.302 e. The normalized spacial score (nSPS) is 13.7. The zero-order valence-corrected chi connectivity index (χ0v) is 16.5. The Morgan fingerprint density at radius 3 is 2.36 bits per heavy atom. The molecule has 0 fully saturated rings. The van der Waals surface area contributed by atoms with Crippen LogP contribution in [0, 0.1) is 25.7 Å². The molecule has 0 amide bonds. The van der Waals surface area contributed by atoms with Crippen LogP contribution in [0.1, 0.15) is 55.7 Å². The molecule has 134 valence electrons. The molecule has 25 heavy (non-hydrogen) atoms. The molecule has 1 heterocycles. The number of thiazole rings is 1. The zero-order valence-electron chi connectivity index (χ0n) is 15.7. The summed E-state index contributed by atoms with van der Waals surface area (Å²) in [5, 5.41) is 0.865. The molecule has 1 aromatic heterocycles. The molecule has 0 N–H and O–H groups in total. The number of aldehydes is 1. The van der Waals surface area contributed by atoms with Crippen LogP contribution < -0.4 is 0 Å². The number of benzene rings is 1. The first-order valence-corrected chi connectivity index (χ1v) is 9.72. The van der Waals surface area contributed by atoms with E-state index < -0.39 is 5.92 Å². The minimum absolute atomic E-state index is 0.00931. The first-order valence-electron chi connectivity index (χ1n) is 8.90. The van der Waals surface area contributed by atoms with Gasteiger partial charge in [-0.3, -0.25) is 4.79 Å². The number of rotatable bonds is 8. The molecule has 0 spiro atoms. The molecule has 0 saturated carbocycles. The van der Waals surface area contributed by atoms with Gasteiger partial charge in [0, 0.05) is 16.4 Å².